The number of rotatable bonds is 7. The summed E-state index contributed by atoms with van der Waals surface area (Å²) in [6.45, 7) is 5.15. The van der Waals surface area contributed by atoms with Crippen molar-refractivity contribution in [2.24, 2.45) is 0 Å². The average molecular weight is 333 g/mol. The van der Waals surface area contributed by atoms with Gasteiger partial charge >= 0.3 is 11.8 Å². The molecule has 0 spiro atoms. The van der Waals surface area contributed by atoms with Crippen LogP contribution in [0.15, 0.2) is 24.3 Å². The molecule has 0 bridgehead atoms. The number of hydrogen-bond acceptors (Lipinski definition) is 4. The predicted molar refractivity (Wildman–Crippen MR) is 93.0 cm³/mol. The van der Waals surface area contributed by atoms with Gasteiger partial charge in [0.05, 0.1) is 7.11 Å². The molecule has 0 saturated carbocycles. The second-order valence-electron chi connectivity index (χ2n) is 5.99. The highest BCUT2D eigenvalue weighted by Crippen LogP contribution is 2.15. The van der Waals surface area contributed by atoms with Gasteiger partial charge in [-0.15, -0.1) is 0 Å². The van der Waals surface area contributed by atoms with Crippen LogP contribution in [0.2, 0.25) is 0 Å². The summed E-state index contributed by atoms with van der Waals surface area (Å²) in [4.78, 5) is 26.0. The first-order valence-electron chi connectivity index (χ1n) is 8.57. The molecule has 1 atom stereocenters. The van der Waals surface area contributed by atoms with Gasteiger partial charge in [0.25, 0.3) is 0 Å². The molecule has 1 aromatic rings. The van der Waals surface area contributed by atoms with Crippen molar-refractivity contribution in [1.82, 2.24) is 15.5 Å². The first-order valence-corrected chi connectivity index (χ1v) is 8.57. The van der Waals surface area contributed by atoms with E-state index in [2.05, 4.69) is 22.5 Å². The molecule has 1 heterocycles. The molecule has 0 aliphatic carbocycles. The Kier molecular flexibility index (Phi) is 7.06. The third-order valence-electron chi connectivity index (χ3n) is 4.47. The maximum atomic E-state index is 11.9. The van der Waals surface area contributed by atoms with Crippen LogP contribution < -0.4 is 15.4 Å². The molecule has 132 valence electrons. The molecule has 1 fully saturated rings. The van der Waals surface area contributed by atoms with E-state index in [1.165, 1.54) is 0 Å². The van der Waals surface area contributed by atoms with E-state index in [1.54, 1.807) is 7.11 Å². The predicted octanol–water partition coefficient (Wildman–Crippen LogP) is 0.954. The monoisotopic (exact) mass is 333 g/mol. The Morgan fingerprint density at radius 1 is 1.21 bits per heavy atom. The number of carbonyl (C=O) groups is 2. The maximum absolute atomic E-state index is 11.9. The Morgan fingerprint density at radius 2 is 1.92 bits per heavy atom. The lowest BCUT2D eigenvalue weighted by atomic mass is 10.1. The minimum Gasteiger partial charge on any atom is -0.497 e. The van der Waals surface area contributed by atoms with E-state index < -0.39 is 11.8 Å². The van der Waals surface area contributed by atoms with Crippen LogP contribution in [0, 0.1) is 0 Å². The Balaban J connectivity index is 1.66. The number of amides is 2. The van der Waals surface area contributed by atoms with Crippen LogP contribution in [-0.4, -0.2) is 56.0 Å². The fourth-order valence-corrected chi connectivity index (χ4v) is 3.03. The molecule has 2 rings (SSSR count). The van der Waals surface area contributed by atoms with Crippen molar-refractivity contribution in [3.05, 3.63) is 29.8 Å². The van der Waals surface area contributed by atoms with Gasteiger partial charge in [-0.3, -0.25) is 14.5 Å². The lowest BCUT2D eigenvalue weighted by Crippen LogP contribution is -2.45. The van der Waals surface area contributed by atoms with Crippen molar-refractivity contribution in [2.45, 2.75) is 32.2 Å². The lowest BCUT2D eigenvalue weighted by molar-refractivity contribution is -0.139. The largest absolute Gasteiger partial charge is 0.497 e. The fraction of sp³-hybridized carbons (Fsp3) is 0.556. The molecule has 1 saturated heterocycles. The fourth-order valence-electron chi connectivity index (χ4n) is 3.03. The van der Waals surface area contributed by atoms with E-state index in [1.807, 2.05) is 24.3 Å². The van der Waals surface area contributed by atoms with E-state index >= 15 is 0 Å². The molecule has 6 nitrogen and oxygen atoms in total. The number of hydrogen-bond donors (Lipinski definition) is 2. The minimum absolute atomic E-state index is 0.353. The second kappa shape index (κ2) is 9.27. The zero-order valence-electron chi connectivity index (χ0n) is 14.5. The molecule has 0 aromatic heterocycles. The van der Waals surface area contributed by atoms with Gasteiger partial charge in [-0.25, -0.2) is 0 Å². The first kappa shape index (κ1) is 18.3. The lowest BCUT2D eigenvalue weighted by Gasteiger charge is -2.22. The van der Waals surface area contributed by atoms with Gasteiger partial charge in [0.2, 0.25) is 0 Å². The summed E-state index contributed by atoms with van der Waals surface area (Å²) < 4.78 is 5.10. The molecule has 2 amide bonds. The average Bonchev–Trinajstić information content (AvgIpc) is 3.07. The van der Waals surface area contributed by atoms with Crippen LogP contribution in [0.5, 0.6) is 5.75 Å². The SMILES string of the molecule is CCN1CCC[C@@H]1CNC(=O)C(=O)NCCc1ccc(OC)cc1. The van der Waals surface area contributed by atoms with Crippen molar-refractivity contribution < 1.29 is 14.3 Å². The van der Waals surface area contributed by atoms with Gasteiger partial charge < -0.3 is 15.4 Å². The summed E-state index contributed by atoms with van der Waals surface area (Å²) in [5, 5.41) is 5.41. The second-order valence-corrected chi connectivity index (χ2v) is 5.99. The summed E-state index contributed by atoms with van der Waals surface area (Å²) in [5.74, 6) is -0.313. The van der Waals surface area contributed by atoms with Crippen LogP contribution in [0.1, 0.15) is 25.3 Å². The highest BCUT2D eigenvalue weighted by atomic mass is 16.5. The van der Waals surface area contributed by atoms with Crippen molar-refractivity contribution >= 4 is 11.8 Å². The quantitative estimate of drug-likeness (QED) is 0.729. The molecule has 0 unspecified atom stereocenters. The molecule has 6 heteroatoms. The molecule has 24 heavy (non-hydrogen) atoms. The van der Waals surface area contributed by atoms with Crippen LogP contribution in [-0.2, 0) is 16.0 Å². The Morgan fingerprint density at radius 3 is 2.58 bits per heavy atom. The van der Waals surface area contributed by atoms with Crippen molar-refractivity contribution in [2.75, 3.05) is 33.3 Å². The number of benzene rings is 1. The molecular formula is C18H27N3O3. The van der Waals surface area contributed by atoms with E-state index in [-0.39, 0.29) is 0 Å². The highest BCUT2D eigenvalue weighted by molar-refractivity contribution is 6.35. The number of methoxy groups -OCH3 is 1. The number of likely N-dealkylation sites (tertiary alicyclic amines) is 1. The number of nitrogens with zero attached hydrogens (tertiary/aromatic N) is 1. The van der Waals surface area contributed by atoms with Crippen LogP contribution >= 0.6 is 0 Å². The Labute approximate surface area is 143 Å². The topological polar surface area (TPSA) is 70.7 Å². The van der Waals surface area contributed by atoms with Gasteiger partial charge in [0.15, 0.2) is 0 Å². The summed E-state index contributed by atoms with van der Waals surface area (Å²) >= 11 is 0. The zero-order chi connectivity index (χ0) is 17.4. The Hall–Kier alpha value is -2.08. The molecule has 1 aliphatic heterocycles. The summed E-state index contributed by atoms with van der Waals surface area (Å²) in [7, 11) is 1.62. The summed E-state index contributed by atoms with van der Waals surface area (Å²) in [6, 6.07) is 8.01. The maximum Gasteiger partial charge on any atom is 0.309 e. The number of ether oxygens (including phenoxy) is 1. The van der Waals surface area contributed by atoms with Gasteiger partial charge in [-0.1, -0.05) is 19.1 Å². The summed E-state index contributed by atoms with van der Waals surface area (Å²) in [6.07, 6.45) is 2.91. The normalized spacial score (nSPS) is 17.5. The number of likely N-dealkylation sites (N-methyl/N-ethyl adjacent to an activating group) is 1. The molecular weight excluding hydrogens is 306 g/mol. The van der Waals surface area contributed by atoms with Crippen molar-refractivity contribution in [1.29, 1.82) is 0 Å². The third-order valence-corrected chi connectivity index (χ3v) is 4.47. The van der Waals surface area contributed by atoms with Gasteiger partial charge in [0, 0.05) is 19.1 Å². The van der Waals surface area contributed by atoms with Crippen LogP contribution in [0.4, 0.5) is 0 Å². The minimum atomic E-state index is -0.565. The van der Waals surface area contributed by atoms with Crippen molar-refractivity contribution in [3.63, 3.8) is 0 Å². The van der Waals surface area contributed by atoms with Gasteiger partial charge in [-0.05, 0) is 50.0 Å². The molecule has 0 radical (unpaired) electrons. The molecule has 1 aliphatic rings. The number of nitrogens with one attached hydrogen (secondary N) is 2. The van der Waals surface area contributed by atoms with E-state index in [4.69, 9.17) is 4.74 Å². The zero-order valence-corrected chi connectivity index (χ0v) is 14.5. The highest BCUT2D eigenvalue weighted by Gasteiger charge is 2.24. The van der Waals surface area contributed by atoms with Crippen LogP contribution in [0.25, 0.3) is 0 Å². The number of carbonyl (C=O) groups excluding carboxylic acids is 2. The molecule has 1 aromatic carbocycles. The van der Waals surface area contributed by atoms with E-state index in [9.17, 15) is 9.59 Å². The van der Waals surface area contributed by atoms with E-state index in [0.29, 0.717) is 25.6 Å². The van der Waals surface area contributed by atoms with Crippen LogP contribution in [0.3, 0.4) is 0 Å². The standard InChI is InChI=1S/C18H27N3O3/c1-3-21-12-4-5-15(21)13-20-18(23)17(22)19-11-10-14-6-8-16(24-2)9-7-14/h6-9,15H,3-5,10-13H2,1-2H3,(H,19,22)(H,20,23)/t15-/m1/s1. The third kappa shape index (κ3) is 5.23. The van der Waals surface area contributed by atoms with E-state index in [0.717, 1.165) is 37.2 Å². The van der Waals surface area contributed by atoms with Gasteiger partial charge in [-0.2, -0.15) is 0 Å². The molecule has 2 N–H and O–H groups in total. The Bertz CT molecular complexity index is 545. The van der Waals surface area contributed by atoms with Gasteiger partial charge in [0.1, 0.15) is 5.75 Å². The van der Waals surface area contributed by atoms with Crippen molar-refractivity contribution in [3.8, 4) is 5.75 Å². The summed E-state index contributed by atoms with van der Waals surface area (Å²) in [5.41, 5.74) is 1.08. The first-order chi connectivity index (χ1) is 11.6. The smallest absolute Gasteiger partial charge is 0.309 e.